The van der Waals surface area contributed by atoms with Crippen molar-refractivity contribution in [3.63, 3.8) is 0 Å². The van der Waals surface area contributed by atoms with Gasteiger partial charge in [0.25, 0.3) is 5.91 Å². The third-order valence-corrected chi connectivity index (χ3v) is 8.04. The summed E-state index contributed by atoms with van der Waals surface area (Å²) in [7, 11) is 1.63. The van der Waals surface area contributed by atoms with Crippen LogP contribution in [0, 0.1) is 5.92 Å². The number of aliphatic hydroxyl groups is 1. The highest BCUT2D eigenvalue weighted by Crippen LogP contribution is 2.59. The van der Waals surface area contributed by atoms with Crippen molar-refractivity contribution in [2.75, 3.05) is 25.2 Å². The highest BCUT2D eigenvalue weighted by atomic mass is 16.5. The number of hydrogen-bond donors (Lipinski definition) is 1. The minimum atomic E-state index is -1.17. The predicted octanol–water partition coefficient (Wildman–Crippen LogP) is 4.27. The molecular weight excluding hydrogens is 468 g/mol. The van der Waals surface area contributed by atoms with Crippen LogP contribution in [0.4, 0.5) is 5.69 Å². The molecule has 5 rings (SSSR count). The van der Waals surface area contributed by atoms with Crippen molar-refractivity contribution in [3.05, 3.63) is 65.2 Å². The smallest absolute Gasteiger partial charge is 0.265 e. The standard InChI is InChI=1S/C30H36N2O5/c1-19-17-29(3,4)32-27-24(19)14-22(36-5)15-25(27)30(28(32)35)20(2)13-23(37-30)16-26(34)31(11-12-33)18-21-9-7-6-8-10-21/h6-10,14-15,17,20,23,33H,11-13,16,18H2,1-5H3/t20-,23-,30+/m0/s1. The Kier molecular flexibility index (Phi) is 6.40. The van der Waals surface area contributed by atoms with E-state index in [1.54, 1.807) is 12.0 Å². The average Bonchev–Trinajstić information content (AvgIpc) is 3.32. The van der Waals surface area contributed by atoms with Crippen LogP contribution in [0.2, 0.25) is 0 Å². The van der Waals surface area contributed by atoms with Crippen LogP contribution >= 0.6 is 0 Å². The summed E-state index contributed by atoms with van der Waals surface area (Å²) < 4.78 is 12.3. The molecule has 0 unspecified atom stereocenters. The zero-order chi connectivity index (χ0) is 26.5. The molecule has 3 atom stereocenters. The Morgan fingerprint density at radius 1 is 1.24 bits per heavy atom. The van der Waals surface area contributed by atoms with E-state index in [2.05, 4.69) is 13.0 Å². The summed E-state index contributed by atoms with van der Waals surface area (Å²) in [4.78, 5) is 31.2. The Hall–Kier alpha value is -3.16. The first kappa shape index (κ1) is 25.5. The summed E-state index contributed by atoms with van der Waals surface area (Å²) in [5.74, 6) is 0.381. The summed E-state index contributed by atoms with van der Waals surface area (Å²) in [6.45, 7) is 8.74. The van der Waals surface area contributed by atoms with Gasteiger partial charge in [0, 0.05) is 30.1 Å². The van der Waals surface area contributed by atoms with Gasteiger partial charge < -0.3 is 19.5 Å². The third-order valence-electron chi connectivity index (χ3n) is 8.04. The van der Waals surface area contributed by atoms with Crippen molar-refractivity contribution in [3.8, 4) is 5.75 Å². The maximum absolute atomic E-state index is 14.2. The van der Waals surface area contributed by atoms with Crippen LogP contribution in [0.5, 0.6) is 5.75 Å². The Bertz CT molecular complexity index is 1250. The fraction of sp³-hybridized carbons (Fsp3) is 0.467. The molecular formula is C30H36N2O5. The molecule has 7 heteroatoms. The van der Waals surface area contributed by atoms with Crippen LogP contribution < -0.4 is 9.64 Å². The van der Waals surface area contributed by atoms with E-state index in [4.69, 9.17) is 9.47 Å². The first-order chi connectivity index (χ1) is 17.6. The van der Waals surface area contributed by atoms with Gasteiger partial charge in [0.05, 0.1) is 37.5 Å². The van der Waals surface area contributed by atoms with E-state index >= 15 is 0 Å². The molecule has 196 valence electrons. The number of aliphatic hydroxyl groups excluding tert-OH is 1. The molecule has 0 saturated carbocycles. The van der Waals surface area contributed by atoms with Gasteiger partial charge in [-0.15, -0.1) is 0 Å². The summed E-state index contributed by atoms with van der Waals surface area (Å²) in [5, 5.41) is 9.59. The second-order valence-electron chi connectivity index (χ2n) is 11.0. The lowest BCUT2D eigenvalue weighted by atomic mass is 9.82. The van der Waals surface area contributed by atoms with E-state index in [0.29, 0.717) is 18.7 Å². The minimum Gasteiger partial charge on any atom is -0.497 e. The van der Waals surface area contributed by atoms with Gasteiger partial charge >= 0.3 is 0 Å². The van der Waals surface area contributed by atoms with Crippen molar-refractivity contribution >= 4 is 23.1 Å². The molecule has 0 radical (unpaired) electrons. The predicted molar refractivity (Wildman–Crippen MR) is 142 cm³/mol. The molecule has 0 aromatic heterocycles. The molecule has 3 aliphatic rings. The zero-order valence-electron chi connectivity index (χ0n) is 22.3. The molecule has 3 aliphatic heterocycles. The number of fused-ring (bicyclic) bond motifs is 1. The lowest BCUT2D eigenvalue weighted by molar-refractivity contribution is -0.150. The van der Waals surface area contributed by atoms with Crippen LogP contribution in [-0.2, 0) is 26.5 Å². The SMILES string of the molecule is COc1cc2c3c(c1)[C@@]1(O[C@H](CC(=O)N(CCO)Cc4ccccc4)C[C@@H]1C)C(=O)N3C(C)(C)C=C2C. The van der Waals surface area contributed by atoms with Gasteiger partial charge in [-0.25, -0.2) is 0 Å². The number of hydrogen-bond acceptors (Lipinski definition) is 5. The zero-order valence-corrected chi connectivity index (χ0v) is 22.3. The van der Waals surface area contributed by atoms with Crippen LogP contribution in [0.15, 0.2) is 48.5 Å². The van der Waals surface area contributed by atoms with Crippen LogP contribution in [0.25, 0.3) is 5.57 Å². The van der Waals surface area contributed by atoms with Gasteiger partial charge in [-0.3, -0.25) is 14.5 Å². The van der Waals surface area contributed by atoms with Crippen molar-refractivity contribution in [1.82, 2.24) is 4.90 Å². The van der Waals surface area contributed by atoms with E-state index < -0.39 is 17.2 Å². The van der Waals surface area contributed by atoms with Crippen molar-refractivity contribution in [2.24, 2.45) is 5.92 Å². The number of benzene rings is 2. The second-order valence-corrected chi connectivity index (χ2v) is 11.0. The molecule has 2 aromatic carbocycles. The van der Waals surface area contributed by atoms with Crippen LogP contribution in [0.3, 0.4) is 0 Å². The summed E-state index contributed by atoms with van der Waals surface area (Å²) >= 11 is 0. The van der Waals surface area contributed by atoms with Gasteiger partial charge in [-0.2, -0.15) is 0 Å². The van der Waals surface area contributed by atoms with E-state index in [9.17, 15) is 14.7 Å². The maximum Gasteiger partial charge on any atom is 0.265 e. The Balaban J connectivity index is 1.46. The second kappa shape index (κ2) is 9.30. The van der Waals surface area contributed by atoms with E-state index in [-0.39, 0.29) is 37.3 Å². The molecule has 1 fully saturated rings. The number of carbonyl (C=O) groups excluding carboxylic acids is 2. The number of anilines is 1. The maximum atomic E-state index is 14.2. The van der Waals surface area contributed by atoms with E-state index in [1.165, 1.54) is 0 Å². The topological polar surface area (TPSA) is 79.3 Å². The Labute approximate surface area is 218 Å². The largest absolute Gasteiger partial charge is 0.497 e. The van der Waals surface area contributed by atoms with Crippen molar-refractivity contribution in [1.29, 1.82) is 0 Å². The van der Waals surface area contributed by atoms with E-state index in [1.807, 2.05) is 68.1 Å². The third kappa shape index (κ3) is 4.05. The van der Waals surface area contributed by atoms with Gasteiger partial charge in [-0.1, -0.05) is 43.3 Å². The normalized spacial score (nSPS) is 25.3. The molecule has 1 spiro atoms. The van der Waals surface area contributed by atoms with Crippen molar-refractivity contribution in [2.45, 2.75) is 64.3 Å². The number of methoxy groups -OCH3 is 1. The van der Waals surface area contributed by atoms with E-state index in [0.717, 1.165) is 28.0 Å². The highest BCUT2D eigenvalue weighted by molar-refractivity contribution is 6.12. The van der Waals surface area contributed by atoms with Crippen molar-refractivity contribution < 1.29 is 24.2 Å². The fourth-order valence-electron chi connectivity index (χ4n) is 6.40. The highest BCUT2D eigenvalue weighted by Gasteiger charge is 2.63. The number of nitrogens with zero attached hydrogens (tertiary/aromatic N) is 2. The average molecular weight is 505 g/mol. The summed E-state index contributed by atoms with van der Waals surface area (Å²) in [5.41, 5.74) is 3.11. The van der Waals surface area contributed by atoms with Crippen LogP contribution in [0.1, 0.15) is 57.2 Å². The molecule has 1 N–H and O–H groups in total. The lowest BCUT2D eigenvalue weighted by Crippen LogP contribution is -2.52. The number of carbonyl (C=O) groups is 2. The monoisotopic (exact) mass is 504 g/mol. The first-order valence-corrected chi connectivity index (χ1v) is 13.0. The lowest BCUT2D eigenvalue weighted by Gasteiger charge is -2.39. The number of ether oxygens (including phenoxy) is 2. The Morgan fingerprint density at radius 3 is 2.65 bits per heavy atom. The minimum absolute atomic E-state index is 0.0790. The number of amides is 2. The molecule has 0 bridgehead atoms. The molecule has 3 heterocycles. The van der Waals surface area contributed by atoms with Gasteiger partial charge in [0.15, 0.2) is 5.60 Å². The van der Waals surface area contributed by atoms with Crippen LogP contribution in [-0.4, -0.2) is 53.7 Å². The first-order valence-electron chi connectivity index (χ1n) is 13.0. The molecule has 0 aliphatic carbocycles. The van der Waals surface area contributed by atoms with Gasteiger partial charge in [0.2, 0.25) is 5.91 Å². The summed E-state index contributed by atoms with van der Waals surface area (Å²) in [6.07, 6.45) is 2.44. The van der Waals surface area contributed by atoms with Gasteiger partial charge in [-0.05, 0) is 50.5 Å². The quantitative estimate of drug-likeness (QED) is 0.609. The van der Waals surface area contributed by atoms with Gasteiger partial charge in [0.1, 0.15) is 5.75 Å². The molecule has 2 aromatic rings. The Morgan fingerprint density at radius 2 is 1.97 bits per heavy atom. The molecule has 37 heavy (non-hydrogen) atoms. The fourth-order valence-corrected chi connectivity index (χ4v) is 6.40. The molecule has 7 nitrogen and oxygen atoms in total. The number of allylic oxidation sites excluding steroid dienone is 1. The summed E-state index contributed by atoms with van der Waals surface area (Å²) in [6, 6.07) is 13.6. The molecule has 1 saturated heterocycles. The number of rotatable bonds is 7. The molecule has 2 amide bonds.